The minimum atomic E-state index is -0.497. The van der Waals surface area contributed by atoms with E-state index in [-0.39, 0.29) is 6.04 Å². The molecule has 1 unspecified atom stereocenters. The molecule has 0 aliphatic carbocycles. The lowest BCUT2D eigenvalue weighted by atomic mass is 10.1. The zero-order valence-corrected chi connectivity index (χ0v) is 13.6. The zero-order valence-electron chi connectivity index (χ0n) is 13.6. The van der Waals surface area contributed by atoms with Crippen molar-refractivity contribution < 1.29 is 14.3 Å². The number of carbonyl (C=O) groups is 2. The maximum atomic E-state index is 11.5. The number of nitrogens with one attached hydrogen (secondary N) is 2. The van der Waals surface area contributed by atoms with Gasteiger partial charge in [-0.2, -0.15) is 0 Å². The fourth-order valence-corrected chi connectivity index (χ4v) is 1.70. The number of benzene rings is 1. The van der Waals surface area contributed by atoms with Crippen LogP contribution < -0.4 is 16.4 Å². The summed E-state index contributed by atoms with van der Waals surface area (Å²) in [5, 5.41) is 5.99. The molecule has 4 N–H and O–H groups in total. The topological polar surface area (TPSA) is 93.4 Å². The third-order valence-corrected chi connectivity index (χ3v) is 2.84. The van der Waals surface area contributed by atoms with Crippen LogP contribution in [0.2, 0.25) is 0 Å². The molecule has 1 rings (SSSR count). The minimum absolute atomic E-state index is 0.0864. The molecule has 122 valence electrons. The van der Waals surface area contributed by atoms with Gasteiger partial charge in [-0.05, 0) is 45.4 Å². The molecule has 6 nitrogen and oxygen atoms in total. The smallest absolute Gasteiger partial charge is 0.407 e. The van der Waals surface area contributed by atoms with E-state index < -0.39 is 17.6 Å². The summed E-state index contributed by atoms with van der Waals surface area (Å²) in [6, 6.07) is 7.18. The van der Waals surface area contributed by atoms with Gasteiger partial charge in [-0.25, -0.2) is 4.79 Å². The number of nitrogens with two attached hydrogens (primary N) is 1. The van der Waals surface area contributed by atoms with E-state index in [2.05, 4.69) is 10.6 Å². The fraction of sp³-hybridized carbons (Fsp3) is 0.500. The summed E-state index contributed by atoms with van der Waals surface area (Å²) >= 11 is 0. The van der Waals surface area contributed by atoms with E-state index in [9.17, 15) is 9.59 Å². The highest BCUT2D eigenvalue weighted by atomic mass is 16.6. The Labute approximate surface area is 131 Å². The second-order valence-electron chi connectivity index (χ2n) is 6.23. The van der Waals surface area contributed by atoms with Crippen molar-refractivity contribution in [1.82, 2.24) is 10.6 Å². The van der Waals surface area contributed by atoms with Gasteiger partial charge in [0.1, 0.15) is 5.60 Å². The number of amides is 2. The molecule has 0 heterocycles. The van der Waals surface area contributed by atoms with Crippen LogP contribution in [-0.2, 0) is 11.3 Å². The predicted molar refractivity (Wildman–Crippen MR) is 85.5 cm³/mol. The van der Waals surface area contributed by atoms with Crippen LogP contribution in [0.5, 0.6) is 0 Å². The molecular weight excluding hydrogens is 282 g/mol. The molecule has 0 fully saturated rings. The monoisotopic (exact) mass is 307 g/mol. The van der Waals surface area contributed by atoms with Gasteiger partial charge in [0.25, 0.3) is 0 Å². The number of primary amides is 1. The number of hydrogen-bond donors (Lipinski definition) is 3. The summed E-state index contributed by atoms with van der Waals surface area (Å²) in [5.41, 5.74) is 6.22. The van der Waals surface area contributed by atoms with Crippen molar-refractivity contribution in [1.29, 1.82) is 0 Å². The van der Waals surface area contributed by atoms with Crippen molar-refractivity contribution in [2.45, 2.75) is 45.9 Å². The lowest BCUT2D eigenvalue weighted by Crippen LogP contribution is -2.41. The molecule has 0 aliphatic heterocycles. The largest absolute Gasteiger partial charge is 0.444 e. The van der Waals surface area contributed by atoms with Gasteiger partial charge in [-0.1, -0.05) is 12.1 Å². The molecule has 0 aromatic heterocycles. The highest BCUT2D eigenvalue weighted by molar-refractivity contribution is 5.92. The first-order valence-electron chi connectivity index (χ1n) is 7.26. The van der Waals surface area contributed by atoms with Crippen LogP contribution in [0.1, 0.15) is 43.6 Å². The lowest BCUT2D eigenvalue weighted by Gasteiger charge is -2.21. The SMILES string of the molecule is CC(CNC(=O)OC(C)(C)C)NCc1ccc(C(N)=O)cc1. The summed E-state index contributed by atoms with van der Waals surface area (Å²) in [5.74, 6) is -0.436. The second kappa shape index (κ2) is 7.79. The number of hydrogen-bond acceptors (Lipinski definition) is 4. The van der Waals surface area contributed by atoms with Gasteiger partial charge in [-0.15, -0.1) is 0 Å². The van der Waals surface area contributed by atoms with Gasteiger partial charge < -0.3 is 21.1 Å². The van der Waals surface area contributed by atoms with E-state index in [1.54, 1.807) is 12.1 Å². The summed E-state index contributed by atoms with van der Waals surface area (Å²) < 4.78 is 5.16. The molecule has 1 atom stereocenters. The van der Waals surface area contributed by atoms with E-state index in [0.717, 1.165) is 5.56 Å². The maximum Gasteiger partial charge on any atom is 0.407 e. The third kappa shape index (κ3) is 7.08. The van der Waals surface area contributed by atoms with E-state index in [1.165, 1.54) is 0 Å². The lowest BCUT2D eigenvalue weighted by molar-refractivity contribution is 0.0523. The zero-order chi connectivity index (χ0) is 16.8. The van der Waals surface area contributed by atoms with Crippen LogP contribution in [0.15, 0.2) is 24.3 Å². The van der Waals surface area contributed by atoms with E-state index in [4.69, 9.17) is 10.5 Å². The molecule has 0 aliphatic rings. The molecule has 2 amide bonds. The molecule has 6 heteroatoms. The third-order valence-electron chi connectivity index (χ3n) is 2.84. The summed E-state index contributed by atoms with van der Waals surface area (Å²) in [6.45, 7) is 8.54. The fourth-order valence-electron chi connectivity index (χ4n) is 1.70. The van der Waals surface area contributed by atoms with Crippen molar-refractivity contribution in [3.63, 3.8) is 0 Å². The van der Waals surface area contributed by atoms with Crippen LogP contribution in [0.25, 0.3) is 0 Å². The highest BCUT2D eigenvalue weighted by Crippen LogP contribution is 2.06. The molecule has 22 heavy (non-hydrogen) atoms. The van der Waals surface area contributed by atoms with Crippen molar-refractivity contribution in [3.05, 3.63) is 35.4 Å². The van der Waals surface area contributed by atoms with Crippen LogP contribution >= 0.6 is 0 Å². The Morgan fingerprint density at radius 2 is 1.82 bits per heavy atom. The molecule has 1 aromatic rings. The quantitative estimate of drug-likeness (QED) is 0.747. The van der Waals surface area contributed by atoms with Gasteiger partial charge in [-0.3, -0.25) is 4.79 Å². The summed E-state index contributed by atoms with van der Waals surface area (Å²) in [7, 11) is 0. The van der Waals surface area contributed by atoms with Crippen molar-refractivity contribution in [3.8, 4) is 0 Å². The van der Waals surface area contributed by atoms with E-state index >= 15 is 0 Å². The molecular formula is C16H25N3O3. The van der Waals surface area contributed by atoms with Crippen LogP contribution in [0.4, 0.5) is 4.79 Å². The summed E-state index contributed by atoms with van der Waals surface area (Å²) in [6.07, 6.45) is -0.424. The molecule has 0 spiro atoms. The minimum Gasteiger partial charge on any atom is -0.444 e. The molecule has 0 bridgehead atoms. The Morgan fingerprint density at radius 1 is 1.23 bits per heavy atom. The molecule has 0 saturated heterocycles. The molecule has 1 aromatic carbocycles. The Hall–Kier alpha value is -2.08. The molecule has 0 radical (unpaired) electrons. The van der Waals surface area contributed by atoms with Gasteiger partial charge in [0.05, 0.1) is 0 Å². The maximum absolute atomic E-state index is 11.5. The number of carbonyl (C=O) groups excluding carboxylic acids is 2. The Morgan fingerprint density at radius 3 is 2.32 bits per heavy atom. The van der Waals surface area contributed by atoms with Crippen molar-refractivity contribution in [2.75, 3.05) is 6.54 Å². The van der Waals surface area contributed by atoms with E-state index in [0.29, 0.717) is 18.7 Å². The van der Waals surface area contributed by atoms with Gasteiger partial charge in [0.15, 0.2) is 0 Å². The Kier molecular flexibility index (Phi) is 6.37. The van der Waals surface area contributed by atoms with Gasteiger partial charge in [0.2, 0.25) is 5.91 Å². The Bertz CT molecular complexity index is 506. The first-order chi connectivity index (χ1) is 10.2. The average molecular weight is 307 g/mol. The van der Waals surface area contributed by atoms with Gasteiger partial charge >= 0.3 is 6.09 Å². The van der Waals surface area contributed by atoms with E-state index in [1.807, 2.05) is 39.8 Å². The second-order valence-corrected chi connectivity index (χ2v) is 6.23. The van der Waals surface area contributed by atoms with Gasteiger partial charge in [0, 0.05) is 24.7 Å². The van der Waals surface area contributed by atoms with Crippen molar-refractivity contribution >= 4 is 12.0 Å². The highest BCUT2D eigenvalue weighted by Gasteiger charge is 2.16. The standard InChI is InChI=1S/C16H25N3O3/c1-11(9-19-15(21)22-16(2,3)4)18-10-12-5-7-13(8-6-12)14(17)20/h5-8,11,18H,9-10H2,1-4H3,(H2,17,20)(H,19,21). The summed E-state index contributed by atoms with van der Waals surface area (Å²) in [4.78, 5) is 22.5. The normalized spacial score (nSPS) is 12.5. The first kappa shape index (κ1) is 18.0. The van der Waals surface area contributed by atoms with Crippen LogP contribution in [-0.4, -0.2) is 30.2 Å². The average Bonchev–Trinajstić information content (AvgIpc) is 2.41. The number of rotatable bonds is 6. The van der Waals surface area contributed by atoms with Crippen molar-refractivity contribution in [2.24, 2.45) is 5.73 Å². The number of ether oxygens (including phenoxy) is 1. The van der Waals surface area contributed by atoms with Crippen LogP contribution in [0.3, 0.4) is 0 Å². The Balaban J connectivity index is 2.32. The predicted octanol–water partition coefficient (Wildman–Crippen LogP) is 1.79. The molecule has 0 saturated carbocycles. The number of alkyl carbamates (subject to hydrolysis) is 1. The first-order valence-corrected chi connectivity index (χ1v) is 7.26. The van der Waals surface area contributed by atoms with Crippen LogP contribution in [0, 0.1) is 0 Å².